The summed E-state index contributed by atoms with van der Waals surface area (Å²) < 4.78 is 5.34. The second-order valence-electron chi connectivity index (χ2n) is 4.64. The van der Waals surface area contributed by atoms with Crippen LogP contribution in [0.5, 0.6) is 0 Å². The highest BCUT2D eigenvalue weighted by molar-refractivity contribution is 5.65. The number of hydrogen-bond donors (Lipinski definition) is 1. The standard InChI is InChI=1S/C15H15N5O/c16-10-12-3-1-2-4-13(12)19-14-9-15(18-11-17-14)20-5-7-21-8-6-20/h1-4,9,11H,5-8H2,(H,17,18,19). The molecule has 106 valence electrons. The first-order valence-electron chi connectivity index (χ1n) is 6.78. The Morgan fingerprint density at radius 3 is 2.81 bits per heavy atom. The molecule has 1 N–H and O–H groups in total. The van der Waals surface area contributed by atoms with Gasteiger partial charge in [0.1, 0.15) is 24.0 Å². The molecule has 1 aromatic carbocycles. The highest BCUT2D eigenvalue weighted by Gasteiger charge is 2.13. The summed E-state index contributed by atoms with van der Waals surface area (Å²) in [6.07, 6.45) is 1.53. The van der Waals surface area contributed by atoms with E-state index < -0.39 is 0 Å². The predicted octanol–water partition coefficient (Wildman–Crippen LogP) is 1.93. The molecule has 0 saturated carbocycles. The zero-order valence-corrected chi connectivity index (χ0v) is 11.5. The van der Waals surface area contributed by atoms with Gasteiger partial charge in [0.25, 0.3) is 0 Å². The van der Waals surface area contributed by atoms with Gasteiger partial charge in [-0.25, -0.2) is 9.97 Å². The maximum absolute atomic E-state index is 9.11. The summed E-state index contributed by atoms with van der Waals surface area (Å²) in [5.74, 6) is 1.54. The van der Waals surface area contributed by atoms with E-state index in [9.17, 15) is 0 Å². The molecule has 1 aromatic heterocycles. The van der Waals surface area contributed by atoms with Crippen molar-refractivity contribution in [1.82, 2.24) is 9.97 Å². The van der Waals surface area contributed by atoms with Crippen LogP contribution in [-0.4, -0.2) is 36.3 Å². The molecule has 1 saturated heterocycles. The molecule has 2 aromatic rings. The van der Waals surface area contributed by atoms with Crippen molar-refractivity contribution in [1.29, 1.82) is 5.26 Å². The number of para-hydroxylation sites is 1. The van der Waals surface area contributed by atoms with E-state index in [2.05, 4.69) is 26.3 Å². The molecule has 1 aliphatic heterocycles. The lowest BCUT2D eigenvalue weighted by atomic mass is 10.2. The highest BCUT2D eigenvalue weighted by Crippen LogP contribution is 2.21. The van der Waals surface area contributed by atoms with E-state index in [1.807, 2.05) is 24.3 Å². The fraction of sp³-hybridized carbons (Fsp3) is 0.267. The third kappa shape index (κ3) is 3.09. The van der Waals surface area contributed by atoms with Gasteiger partial charge in [0, 0.05) is 19.2 Å². The van der Waals surface area contributed by atoms with Crippen LogP contribution >= 0.6 is 0 Å². The summed E-state index contributed by atoms with van der Waals surface area (Å²) in [5, 5.41) is 12.3. The van der Waals surface area contributed by atoms with Gasteiger partial charge >= 0.3 is 0 Å². The quantitative estimate of drug-likeness (QED) is 0.926. The number of benzene rings is 1. The second kappa shape index (κ2) is 6.20. The van der Waals surface area contributed by atoms with Crippen LogP contribution in [0.1, 0.15) is 5.56 Å². The van der Waals surface area contributed by atoms with Gasteiger partial charge in [0.05, 0.1) is 24.5 Å². The second-order valence-corrected chi connectivity index (χ2v) is 4.64. The molecule has 0 amide bonds. The highest BCUT2D eigenvalue weighted by atomic mass is 16.5. The SMILES string of the molecule is N#Cc1ccccc1Nc1cc(N2CCOCC2)ncn1. The molecule has 0 atom stereocenters. The minimum absolute atomic E-state index is 0.587. The first-order chi connectivity index (χ1) is 10.4. The minimum atomic E-state index is 0.587. The maximum Gasteiger partial charge on any atom is 0.135 e. The van der Waals surface area contributed by atoms with Crippen molar-refractivity contribution < 1.29 is 4.74 Å². The Balaban J connectivity index is 1.81. The molecule has 1 fully saturated rings. The monoisotopic (exact) mass is 281 g/mol. The van der Waals surface area contributed by atoms with Gasteiger partial charge in [-0.3, -0.25) is 0 Å². The molecular weight excluding hydrogens is 266 g/mol. The fourth-order valence-electron chi connectivity index (χ4n) is 2.21. The molecule has 3 rings (SSSR count). The molecule has 0 spiro atoms. The fourth-order valence-corrected chi connectivity index (χ4v) is 2.21. The summed E-state index contributed by atoms with van der Waals surface area (Å²) in [6, 6.07) is 11.4. The van der Waals surface area contributed by atoms with E-state index in [1.165, 1.54) is 6.33 Å². The molecule has 6 nitrogen and oxygen atoms in total. The van der Waals surface area contributed by atoms with Crippen LogP contribution in [-0.2, 0) is 4.74 Å². The number of hydrogen-bond acceptors (Lipinski definition) is 6. The van der Waals surface area contributed by atoms with Gasteiger partial charge in [-0.05, 0) is 12.1 Å². The minimum Gasteiger partial charge on any atom is -0.378 e. The average Bonchev–Trinajstić information content (AvgIpc) is 2.56. The van der Waals surface area contributed by atoms with Crippen LogP contribution in [0.2, 0.25) is 0 Å². The van der Waals surface area contributed by atoms with Crippen molar-refractivity contribution in [3.8, 4) is 6.07 Å². The van der Waals surface area contributed by atoms with Crippen molar-refractivity contribution >= 4 is 17.3 Å². The third-order valence-electron chi connectivity index (χ3n) is 3.30. The first kappa shape index (κ1) is 13.3. The Morgan fingerprint density at radius 2 is 2.00 bits per heavy atom. The number of morpholine rings is 1. The first-order valence-corrected chi connectivity index (χ1v) is 6.78. The van der Waals surface area contributed by atoms with Gasteiger partial charge in [-0.15, -0.1) is 0 Å². The van der Waals surface area contributed by atoms with E-state index in [4.69, 9.17) is 10.00 Å². The number of nitrogens with one attached hydrogen (secondary N) is 1. The Kier molecular flexibility index (Phi) is 3.94. The summed E-state index contributed by atoms with van der Waals surface area (Å²) in [5.41, 5.74) is 1.33. The molecular formula is C15H15N5O. The van der Waals surface area contributed by atoms with Crippen molar-refractivity contribution in [2.75, 3.05) is 36.5 Å². The number of nitriles is 1. The summed E-state index contributed by atoms with van der Waals surface area (Å²) in [4.78, 5) is 10.7. The van der Waals surface area contributed by atoms with Gasteiger partial charge in [-0.2, -0.15) is 5.26 Å². The van der Waals surface area contributed by atoms with Crippen LogP contribution in [0, 0.1) is 11.3 Å². The van der Waals surface area contributed by atoms with Crippen molar-refractivity contribution in [3.63, 3.8) is 0 Å². The van der Waals surface area contributed by atoms with Crippen LogP contribution in [0.3, 0.4) is 0 Å². The number of anilines is 3. The topological polar surface area (TPSA) is 74.1 Å². The van der Waals surface area contributed by atoms with Crippen LogP contribution in [0.15, 0.2) is 36.7 Å². The largest absolute Gasteiger partial charge is 0.378 e. The predicted molar refractivity (Wildman–Crippen MR) is 79.5 cm³/mol. The smallest absolute Gasteiger partial charge is 0.135 e. The maximum atomic E-state index is 9.11. The van der Waals surface area contributed by atoms with E-state index in [0.29, 0.717) is 24.6 Å². The molecule has 0 aliphatic carbocycles. The summed E-state index contributed by atoms with van der Waals surface area (Å²) in [6.45, 7) is 3.07. The lowest BCUT2D eigenvalue weighted by Gasteiger charge is -2.27. The van der Waals surface area contributed by atoms with E-state index in [0.717, 1.165) is 24.6 Å². The van der Waals surface area contributed by atoms with Crippen molar-refractivity contribution in [2.24, 2.45) is 0 Å². The average molecular weight is 281 g/mol. The number of rotatable bonds is 3. The van der Waals surface area contributed by atoms with E-state index in [1.54, 1.807) is 6.07 Å². The van der Waals surface area contributed by atoms with Crippen molar-refractivity contribution in [3.05, 3.63) is 42.2 Å². The Labute approximate surface area is 123 Å². The molecule has 1 aliphatic rings. The van der Waals surface area contributed by atoms with E-state index in [-0.39, 0.29) is 0 Å². The summed E-state index contributed by atoms with van der Waals surface area (Å²) in [7, 11) is 0. The number of ether oxygens (including phenoxy) is 1. The van der Waals surface area contributed by atoms with Gasteiger partial charge in [-0.1, -0.05) is 12.1 Å². The lowest BCUT2D eigenvalue weighted by Crippen LogP contribution is -2.36. The Bertz CT molecular complexity index is 661. The third-order valence-corrected chi connectivity index (χ3v) is 3.30. The molecule has 0 unspecified atom stereocenters. The summed E-state index contributed by atoms with van der Waals surface area (Å²) >= 11 is 0. The van der Waals surface area contributed by atoms with Gasteiger partial charge in [0.2, 0.25) is 0 Å². The van der Waals surface area contributed by atoms with Crippen molar-refractivity contribution in [2.45, 2.75) is 0 Å². The van der Waals surface area contributed by atoms with Gasteiger partial charge < -0.3 is 15.0 Å². The van der Waals surface area contributed by atoms with Crippen LogP contribution in [0.4, 0.5) is 17.3 Å². The van der Waals surface area contributed by atoms with Crippen LogP contribution in [0.25, 0.3) is 0 Å². The normalized spacial score (nSPS) is 14.5. The molecule has 21 heavy (non-hydrogen) atoms. The Morgan fingerprint density at radius 1 is 1.19 bits per heavy atom. The molecule has 6 heteroatoms. The number of aromatic nitrogens is 2. The molecule has 0 radical (unpaired) electrons. The molecule has 2 heterocycles. The number of nitrogens with zero attached hydrogens (tertiary/aromatic N) is 4. The zero-order valence-electron chi connectivity index (χ0n) is 11.5. The van der Waals surface area contributed by atoms with E-state index >= 15 is 0 Å². The lowest BCUT2D eigenvalue weighted by molar-refractivity contribution is 0.122. The van der Waals surface area contributed by atoms with Crippen LogP contribution < -0.4 is 10.2 Å². The molecule has 0 bridgehead atoms. The Hall–Kier alpha value is -2.65. The zero-order chi connectivity index (χ0) is 14.5. The van der Waals surface area contributed by atoms with Gasteiger partial charge in [0.15, 0.2) is 0 Å².